The van der Waals surface area contributed by atoms with Gasteiger partial charge in [-0.25, -0.2) is 12.1 Å². The van der Waals surface area contributed by atoms with E-state index in [1.54, 1.807) is 0 Å². The van der Waals surface area contributed by atoms with Crippen molar-refractivity contribution in [3.8, 4) is 0 Å². The molecule has 4 aromatic rings. The third-order valence-corrected chi connectivity index (χ3v) is 3.55. The van der Waals surface area contributed by atoms with Gasteiger partial charge in [0, 0.05) is 28.4 Å². The van der Waals surface area contributed by atoms with Crippen LogP contribution >= 0.6 is 7.81 Å². The normalized spacial score (nSPS) is 13.2. The van der Waals surface area contributed by atoms with Gasteiger partial charge in [-0.15, -0.1) is 0 Å². The Morgan fingerprint density at radius 3 is 1.36 bits per heavy atom. The van der Waals surface area contributed by atoms with E-state index in [0.29, 0.717) is 0 Å². The van der Waals surface area contributed by atoms with Crippen molar-refractivity contribution in [2.24, 2.45) is 0 Å². The number of para-hydroxylation sites is 2. The summed E-state index contributed by atoms with van der Waals surface area (Å²) in [5.74, 6) is 0. The van der Waals surface area contributed by atoms with Crippen LogP contribution in [0.25, 0.3) is 21.8 Å². The van der Waals surface area contributed by atoms with Crippen LogP contribution in [0.1, 0.15) is 6.92 Å². The van der Waals surface area contributed by atoms with Gasteiger partial charge in [0.2, 0.25) is 0 Å². The second-order valence-corrected chi connectivity index (χ2v) is 7.62. The van der Waals surface area contributed by atoms with Gasteiger partial charge in [-0.2, -0.15) is 18.2 Å². The predicted octanol–water partition coefficient (Wildman–Crippen LogP) is 8.60. The van der Waals surface area contributed by atoms with Crippen molar-refractivity contribution in [3.05, 3.63) is 78.9 Å². The second-order valence-electron chi connectivity index (χ2n) is 5.70. The predicted molar refractivity (Wildman–Crippen MR) is 101 cm³/mol. The molecule has 1 aromatic heterocycles. The van der Waals surface area contributed by atoms with E-state index in [0.717, 1.165) is 6.54 Å². The molecule has 0 fully saturated rings. The van der Waals surface area contributed by atoms with Gasteiger partial charge in [0.1, 0.15) is 0 Å². The maximum atomic E-state index is 9.87. The number of aromatic nitrogens is 1. The topological polar surface area (TPSA) is 4.93 Å². The average molecular weight is 461 g/mol. The molecule has 0 amide bonds. The third kappa shape index (κ3) is 8.42. The van der Waals surface area contributed by atoms with E-state index in [1.807, 2.05) is 30.3 Å². The summed E-state index contributed by atoms with van der Waals surface area (Å²) in [6.45, 7) is 3.22. The fourth-order valence-corrected chi connectivity index (χ4v) is 2.66. The van der Waals surface area contributed by atoms with Gasteiger partial charge in [0.15, 0.2) is 0 Å². The number of fused-ring (bicyclic) bond motifs is 3. The molecule has 0 bridgehead atoms. The fourth-order valence-electron chi connectivity index (χ4n) is 2.66. The Morgan fingerprint density at radius 1 is 0.714 bits per heavy atom. The van der Waals surface area contributed by atoms with Crippen LogP contribution in [0.4, 0.5) is 25.2 Å². The van der Waals surface area contributed by atoms with E-state index in [2.05, 4.69) is 60.0 Å². The molecule has 0 aliphatic carbocycles. The summed E-state index contributed by atoms with van der Waals surface area (Å²) < 4.78 is 61.6. The van der Waals surface area contributed by atoms with Crippen molar-refractivity contribution < 1.29 is 42.3 Å². The first-order valence-corrected chi connectivity index (χ1v) is 10.1. The van der Waals surface area contributed by atoms with E-state index in [1.165, 1.54) is 21.8 Å². The first kappa shape index (κ1) is 24.2. The molecular weight excluding hydrogens is 443 g/mol. The molecule has 4 rings (SSSR count). The van der Waals surface area contributed by atoms with Crippen molar-refractivity contribution in [1.82, 2.24) is 4.57 Å². The van der Waals surface area contributed by atoms with Crippen molar-refractivity contribution in [2.75, 3.05) is 0 Å². The maximum Gasteiger partial charge on any atom is 2.00 e. The molecule has 1 nitrogen and oxygen atoms in total. The summed E-state index contributed by atoms with van der Waals surface area (Å²) in [4.78, 5) is 0. The molecule has 0 saturated heterocycles. The molecule has 0 aliphatic rings. The summed E-state index contributed by atoms with van der Waals surface area (Å²) in [6.07, 6.45) is 0. The molecule has 0 atom stereocenters. The van der Waals surface area contributed by atoms with Crippen LogP contribution in [0.3, 0.4) is 0 Å². The molecule has 28 heavy (non-hydrogen) atoms. The zero-order valence-corrected chi connectivity index (χ0v) is 16.7. The van der Waals surface area contributed by atoms with Gasteiger partial charge < -0.3 is 4.57 Å². The molecule has 1 heterocycles. The number of halogens is 6. The summed E-state index contributed by atoms with van der Waals surface area (Å²) >= 11 is 0. The quantitative estimate of drug-likeness (QED) is 0.116. The van der Waals surface area contributed by atoms with Crippen LogP contribution in [0.5, 0.6) is 0 Å². The Kier molecular flexibility index (Phi) is 7.11. The van der Waals surface area contributed by atoms with Gasteiger partial charge in [-0.05, 0) is 19.1 Å². The zero-order valence-electron chi connectivity index (χ0n) is 14.7. The minimum absolute atomic E-state index is 0. The number of hydrogen-bond donors (Lipinski definition) is 0. The van der Waals surface area contributed by atoms with E-state index in [4.69, 9.17) is 0 Å². The van der Waals surface area contributed by atoms with Crippen molar-refractivity contribution in [3.63, 3.8) is 0 Å². The summed E-state index contributed by atoms with van der Waals surface area (Å²) in [5.41, 5.74) is 2.67. The smallest absolute Gasteiger partial charge is 0.214 e. The molecule has 0 aliphatic heterocycles. The molecule has 0 saturated carbocycles. The van der Waals surface area contributed by atoms with Crippen molar-refractivity contribution in [1.29, 1.82) is 0 Å². The van der Waals surface area contributed by atoms with Crippen molar-refractivity contribution in [2.45, 2.75) is 13.5 Å². The first-order valence-electron chi connectivity index (χ1n) is 8.06. The molecule has 0 N–H and O–H groups in total. The SMILES string of the molecule is CCn1c2ccccc2c2ccccc21.F[P-](F)(F)(F)(F)F.[Fe+2].c1cc[cH-]c1. The van der Waals surface area contributed by atoms with E-state index >= 15 is 0 Å². The Balaban J connectivity index is 0.000000254. The number of aryl methyl sites for hydroxylation is 1. The minimum Gasteiger partial charge on any atom is -0.214 e. The maximum absolute atomic E-state index is 10.7. The monoisotopic (exact) mass is 461 g/mol. The second kappa shape index (κ2) is 8.24. The zero-order chi connectivity index (χ0) is 20.2. The van der Waals surface area contributed by atoms with Crippen LogP contribution in [-0.4, -0.2) is 4.57 Å². The van der Waals surface area contributed by atoms with Gasteiger partial charge in [-0.3, -0.25) is 0 Å². The first-order chi connectivity index (χ1) is 12.4. The largest absolute Gasteiger partial charge is 2.00 e. The van der Waals surface area contributed by atoms with E-state index in [9.17, 15) is 25.2 Å². The number of rotatable bonds is 1. The van der Waals surface area contributed by atoms with Crippen LogP contribution in [0.15, 0.2) is 78.9 Å². The summed E-state index contributed by atoms with van der Waals surface area (Å²) in [5, 5.41) is 2.71. The van der Waals surface area contributed by atoms with Crippen molar-refractivity contribution >= 4 is 29.6 Å². The molecular formula is C19H18F6FeNP. The number of hydrogen-bond acceptors (Lipinski definition) is 0. The average Bonchev–Trinajstić information content (AvgIpc) is 3.22. The molecule has 0 unspecified atom stereocenters. The van der Waals surface area contributed by atoms with Gasteiger partial charge >= 0.3 is 50.1 Å². The van der Waals surface area contributed by atoms with Gasteiger partial charge in [0.25, 0.3) is 0 Å². The summed E-state index contributed by atoms with van der Waals surface area (Å²) in [6, 6.07) is 27.2. The Hall–Kier alpha value is -1.88. The van der Waals surface area contributed by atoms with E-state index < -0.39 is 7.81 Å². The number of nitrogens with zero attached hydrogens (tertiary/aromatic N) is 1. The van der Waals surface area contributed by atoms with E-state index in [-0.39, 0.29) is 17.1 Å². The summed E-state index contributed by atoms with van der Waals surface area (Å²) in [7, 11) is -10.7. The molecule has 154 valence electrons. The van der Waals surface area contributed by atoms with Crippen LogP contribution in [0.2, 0.25) is 0 Å². The van der Waals surface area contributed by atoms with Crippen LogP contribution in [0, 0.1) is 0 Å². The molecule has 0 radical (unpaired) electrons. The Morgan fingerprint density at radius 2 is 1.07 bits per heavy atom. The minimum atomic E-state index is -10.7. The number of benzene rings is 2. The third-order valence-electron chi connectivity index (χ3n) is 3.55. The van der Waals surface area contributed by atoms with Gasteiger partial charge in [0.05, 0.1) is 0 Å². The molecule has 9 heteroatoms. The Bertz CT molecular complexity index is 926. The molecule has 0 spiro atoms. The molecule has 3 aromatic carbocycles. The van der Waals surface area contributed by atoms with Crippen LogP contribution in [-0.2, 0) is 23.6 Å². The standard InChI is InChI=1S/C14H13N.C5H5.F6P.Fe/c1-2-15-13-9-5-3-7-11(13)12-8-4-6-10-14(12)15;1-2-4-5-3-1;1-7(2,3,4,5)6;/h3-10H,2H2,1H3;1-5H;;/q;2*-1;+2. The fraction of sp³-hybridized carbons (Fsp3) is 0.105. The van der Waals surface area contributed by atoms with Gasteiger partial charge in [-0.1, -0.05) is 36.4 Å². The van der Waals surface area contributed by atoms with Crippen LogP contribution < -0.4 is 0 Å². The Labute approximate surface area is 169 Å².